The molecule has 0 unspecified atom stereocenters. The Morgan fingerprint density at radius 2 is 1.95 bits per heavy atom. The molecule has 0 aliphatic carbocycles. The molecule has 2 N–H and O–H groups in total. The molecule has 6 nitrogen and oxygen atoms in total. The Labute approximate surface area is 124 Å². The number of nitrogens with zero attached hydrogens (tertiary/aromatic N) is 2. The highest BCUT2D eigenvalue weighted by atomic mass is 32.2. The van der Waals surface area contributed by atoms with Gasteiger partial charge in [0.1, 0.15) is 4.90 Å². The maximum Gasteiger partial charge on any atom is 0.238 e. The Balaban J connectivity index is 2.46. The van der Waals surface area contributed by atoms with E-state index in [0.717, 1.165) is 11.9 Å². The van der Waals surface area contributed by atoms with Crippen LogP contribution in [0.3, 0.4) is 0 Å². The summed E-state index contributed by atoms with van der Waals surface area (Å²) < 4.78 is 29.1. The van der Waals surface area contributed by atoms with Gasteiger partial charge in [0.2, 0.25) is 5.88 Å². The second-order valence-electron chi connectivity index (χ2n) is 4.80. The van der Waals surface area contributed by atoms with Gasteiger partial charge in [0, 0.05) is 38.3 Å². The summed E-state index contributed by atoms with van der Waals surface area (Å²) in [4.78, 5) is 5.90. The number of sulfone groups is 1. The van der Waals surface area contributed by atoms with Gasteiger partial charge in [0.05, 0.1) is 5.69 Å². The number of hydrogen-bond acceptors (Lipinski definition) is 6. The number of nitrogen functional groups attached to an aromatic ring is 1. The second kappa shape index (κ2) is 5.61. The summed E-state index contributed by atoms with van der Waals surface area (Å²) in [5, 5.41) is 0. The third-order valence-corrected chi connectivity index (χ3v) is 3.97. The lowest BCUT2D eigenvalue weighted by atomic mass is 10.2. The molecule has 0 aliphatic rings. The first kappa shape index (κ1) is 15.1. The molecule has 1 aromatic heterocycles. The number of nitrogens with two attached hydrogens (primary N) is 1. The number of hydrogen-bond donors (Lipinski definition) is 1. The van der Waals surface area contributed by atoms with Gasteiger partial charge in [-0.3, -0.25) is 0 Å². The molecule has 0 saturated carbocycles. The molecule has 0 saturated heterocycles. The highest BCUT2D eigenvalue weighted by Gasteiger charge is 2.17. The third-order valence-electron chi connectivity index (χ3n) is 2.86. The van der Waals surface area contributed by atoms with Crippen LogP contribution in [-0.2, 0) is 9.84 Å². The number of aromatic nitrogens is 1. The van der Waals surface area contributed by atoms with Gasteiger partial charge in [-0.15, -0.1) is 0 Å². The first-order valence-corrected chi connectivity index (χ1v) is 8.08. The van der Waals surface area contributed by atoms with Crippen molar-refractivity contribution < 1.29 is 13.2 Å². The number of pyridine rings is 1. The van der Waals surface area contributed by atoms with Gasteiger partial charge < -0.3 is 15.4 Å². The van der Waals surface area contributed by atoms with Crippen molar-refractivity contribution in [2.45, 2.75) is 4.90 Å². The second-order valence-corrected chi connectivity index (χ2v) is 6.78. The molecule has 21 heavy (non-hydrogen) atoms. The molecule has 0 atom stereocenters. The molecular weight excluding hydrogens is 290 g/mol. The zero-order chi connectivity index (χ0) is 15.6. The van der Waals surface area contributed by atoms with E-state index in [1.165, 1.54) is 12.3 Å². The maximum absolute atomic E-state index is 11.7. The maximum atomic E-state index is 11.7. The number of rotatable bonds is 4. The van der Waals surface area contributed by atoms with Crippen LogP contribution >= 0.6 is 0 Å². The van der Waals surface area contributed by atoms with E-state index in [4.69, 9.17) is 10.5 Å². The fourth-order valence-corrected chi connectivity index (χ4v) is 2.47. The predicted octanol–water partition coefficient (Wildman–Crippen LogP) is 1.93. The molecule has 0 radical (unpaired) electrons. The Hall–Kier alpha value is -2.28. The first-order chi connectivity index (χ1) is 9.79. The summed E-state index contributed by atoms with van der Waals surface area (Å²) >= 11 is 0. The minimum absolute atomic E-state index is 0.0163. The SMILES string of the molecule is CN(C)c1ccc(N)c(Oc2ncccc2S(C)(=O)=O)c1. The molecular formula is C14H17N3O3S. The summed E-state index contributed by atoms with van der Waals surface area (Å²) in [5.74, 6) is 0.382. The van der Waals surface area contributed by atoms with E-state index in [9.17, 15) is 8.42 Å². The third kappa shape index (κ3) is 3.43. The Bertz CT molecular complexity index is 758. The number of benzene rings is 1. The average Bonchev–Trinajstić information content (AvgIpc) is 2.40. The molecule has 0 bridgehead atoms. The van der Waals surface area contributed by atoms with E-state index < -0.39 is 9.84 Å². The van der Waals surface area contributed by atoms with Gasteiger partial charge in [0.25, 0.3) is 0 Å². The average molecular weight is 307 g/mol. The smallest absolute Gasteiger partial charge is 0.238 e. The van der Waals surface area contributed by atoms with Crippen LogP contribution in [0.25, 0.3) is 0 Å². The first-order valence-electron chi connectivity index (χ1n) is 6.19. The molecule has 1 heterocycles. The summed E-state index contributed by atoms with van der Waals surface area (Å²) in [6.07, 6.45) is 2.58. The van der Waals surface area contributed by atoms with Gasteiger partial charge in [0.15, 0.2) is 15.6 Å². The summed E-state index contributed by atoms with van der Waals surface area (Å²) in [5.41, 5.74) is 7.17. The topological polar surface area (TPSA) is 85.5 Å². The van der Waals surface area contributed by atoms with Crippen LogP contribution in [0.15, 0.2) is 41.4 Å². The predicted molar refractivity (Wildman–Crippen MR) is 82.6 cm³/mol. The Morgan fingerprint density at radius 3 is 2.57 bits per heavy atom. The van der Waals surface area contributed by atoms with Crippen molar-refractivity contribution in [3.8, 4) is 11.6 Å². The summed E-state index contributed by atoms with van der Waals surface area (Å²) in [7, 11) is 0.342. The molecule has 0 spiro atoms. The van der Waals surface area contributed by atoms with Crippen LogP contribution in [0.2, 0.25) is 0 Å². The van der Waals surface area contributed by atoms with E-state index >= 15 is 0 Å². The lowest BCUT2D eigenvalue weighted by molar-refractivity contribution is 0.449. The minimum atomic E-state index is -3.43. The molecule has 0 fully saturated rings. The largest absolute Gasteiger partial charge is 0.435 e. The molecule has 0 amide bonds. The lowest BCUT2D eigenvalue weighted by Gasteiger charge is -2.16. The monoisotopic (exact) mass is 307 g/mol. The van der Waals surface area contributed by atoms with Crippen LogP contribution in [0.4, 0.5) is 11.4 Å². The minimum Gasteiger partial charge on any atom is -0.435 e. The molecule has 0 aliphatic heterocycles. The van der Waals surface area contributed by atoms with Crippen LogP contribution < -0.4 is 15.4 Å². The molecule has 112 valence electrons. The normalized spacial score (nSPS) is 11.2. The van der Waals surface area contributed by atoms with Crippen molar-refractivity contribution >= 4 is 21.2 Å². The van der Waals surface area contributed by atoms with Crippen molar-refractivity contribution in [3.63, 3.8) is 0 Å². The molecule has 2 aromatic rings. The quantitative estimate of drug-likeness (QED) is 0.869. The summed E-state index contributed by atoms with van der Waals surface area (Å²) in [6.45, 7) is 0. The lowest BCUT2D eigenvalue weighted by Crippen LogP contribution is -2.09. The zero-order valence-electron chi connectivity index (χ0n) is 12.1. The standard InChI is InChI=1S/C14H17N3O3S/c1-17(2)10-6-7-11(15)12(9-10)20-14-13(21(3,18)19)5-4-8-16-14/h4-9H,15H2,1-3H3. The highest BCUT2D eigenvalue weighted by Crippen LogP contribution is 2.32. The molecule has 1 aromatic carbocycles. The van der Waals surface area contributed by atoms with Crippen molar-refractivity contribution in [3.05, 3.63) is 36.5 Å². The van der Waals surface area contributed by atoms with Crippen molar-refractivity contribution in [2.24, 2.45) is 0 Å². The zero-order valence-corrected chi connectivity index (χ0v) is 12.9. The Kier molecular flexibility index (Phi) is 4.04. The van der Waals surface area contributed by atoms with Crippen molar-refractivity contribution in [2.75, 3.05) is 31.0 Å². The van der Waals surface area contributed by atoms with Crippen LogP contribution in [0.5, 0.6) is 11.6 Å². The van der Waals surface area contributed by atoms with Crippen LogP contribution in [-0.4, -0.2) is 33.8 Å². The molecule has 7 heteroatoms. The highest BCUT2D eigenvalue weighted by molar-refractivity contribution is 7.90. The van der Waals surface area contributed by atoms with E-state index in [1.807, 2.05) is 25.1 Å². The van der Waals surface area contributed by atoms with Gasteiger partial charge in [-0.1, -0.05) is 0 Å². The number of ether oxygens (including phenoxy) is 1. The molecule has 2 rings (SSSR count). The van der Waals surface area contributed by atoms with Gasteiger partial charge in [-0.05, 0) is 24.3 Å². The fraction of sp³-hybridized carbons (Fsp3) is 0.214. The van der Waals surface area contributed by atoms with Crippen LogP contribution in [0, 0.1) is 0 Å². The van der Waals surface area contributed by atoms with Gasteiger partial charge in [-0.25, -0.2) is 13.4 Å². The Morgan fingerprint density at radius 1 is 1.24 bits per heavy atom. The fourth-order valence-electron chi connectivity index (χ4n) is 1.73. The van der Waals surface area contributed by atoms with Crippen molar-refractivity contribution in [1.29, 1.82) is 0 Å². The van der Waals surface area contributed by atoms with Crippen molar-refractivity contribution in [1.82, 2.24) is 4.98 Å². The van der Waals surface area contributed by atoms with Crippen LogP contribution in [0.1, 0.15) is 0 Å². The number of anilines is 2. The van der Waals surface area contributed by atoms with E-state index in [-0.39, 0.29) is 10.8 Å². The summed E-state index contributed by atoms with van der Waals surface area (Å²) in [6, 6.07) is 8.27. The van der Waals surface area contributed by atoms with E-state index in [0.29, 0.717) is 11.4 Å². The van der Waals surface area contributed by atoms with Gasteiger partial charge >= 0.3 is 0 Å². The van der Waals surface area contributed by atoms with Gasteiger partial charge in [-0.2, -0.15) is 0 Å². The van der Waals surface area contributed by atoms with E-state index in [1.54, 1.807) is 18.2 Å². The van der Waals surface area contributed by atoms with E-state index in [2.05, 4.69) is 4.98 Å².